The molecule has 2 aromatic rings. The Balaban J connectivity index is 1.91. The van der Waals surface area contributed by atoms with E-state index < -0.39 is 0 Å². The van der Waals surface area contributed by atoms with Crippen LogP contribution in [0.25, 0.3) is 0 Å². The molecule has 0 aliphatic rings. The molecule has 0 radical (unpaired) electrons. The summed E-state index contributed by atoms with van der Waals surface area (Å²) >= 11 is 0. The maximum atomic E-state index is 12.2. The maximum absolute atomic E-state index is 12.2. The number of anilines is 1. The molecule has 0 saturated carbocycles. The summed E-state index contributed by atoms with van der Waals surface area (Å²) in [6.07, 6.45) is 5.54. The van der Waals surface area contributed by atoms with Gasteiger partial charge in [0, 0.05) is 44.2 Å². The van der Waals surface area contributed by atoms with E-state index in [1.54, 1.807) is 12.4 Å². The van der Waals surface area contributed by atoms with Gasteiger partial charge in [-0.3, -0.25) is 14.6 Å². The molecule has 0 amide bonds. The zero-order valence-corrected chi connectivity index (χ0v) is 12.4. The molecule has 0 bridgehead atoms. The van der Waals surface area contributed by atoms with E-state index in [0.717, 1.165) is 5.69 Å². The predicted molar refractivity (Wildman–Crippen MR) is 81.6 cm³/mol. The van der Waals surface area contributed by atoms with Crippen LogP contribution in [0.1, 0.15) is 12.6 Å². The fourth-order valence-electron chi connectivity index (χ4n) is 1.89. The van der Waals surface area contributed by atoms with Crippen molar-refractivity contribution >= 4 is 11.8 Å². The highest BCUT2D eigenvalue weighted by Gasteiger charge is 2.05. The normalized spacial score (nSPS) is 10.2. The highest BCUT2D eigenvalue weighted by atomic mass is 16.5. The van der Waals surface area contributed by atoms with Gasteiger partial charge in [0.2, 0.25) is 0 Å². The van der Waals surface area contributed by atoms with Gasteiger partial charge in [0.15, 0.2) is 5.82 Å². The van der Waals surface area contributed by atoms with E-state index in [1.807, 2.05) is 18.2 Å². The molecule has 0 aliphatic carbocycles. The van der Waals surface area contributed by atoms with Crippen LogP contribution in [0, 0.1) is 0 Å². The van der Waals surface area contributed by atoms with Crippen molar-refractivity contribution in [1.82, 2.24) is 14.5 Å². The largest absolute Gasteiger partial charge is 0.464 e. The van der Waals surface area contributed by atoms with Gasteiger partial charge in [0.05, 0.1) is 6.54 Å². The van der Waals surface area contributed by atoms with Crippen molar-refractivity contribution in [2.24, 2.45) is 0 Å². The monoisotopic (exact) mass is 302 g/mol. The molecule has 0 fully saturated rings. The van der Waals surface area contributed by atoms with Crippen molar-refractivity contribution in [3.8, 4) is 0 Å². The quantitative estimate of drug-likeness (QED) is 0.763. The van der Waals surface area contributed by atoms with Crippen molar-refractivity contribution in [3.63, 3.8) is 0 Å². The van der Waals surface area contributed by atoms with Crippen molar-refractivity contribution in [2.45, 2.75) is 19.9 Å². The molecule has 22 heavy (non-hydrogen) atoms. The number of ether oxygens (including phenoxy) is 1. The van der Waals surface area contributed by atoms with Crippen LogP contribution in [-0.2, 0) is 22.5 Å². The Morgan fingerprint density at radius 3 is 2.91 bits per heavy atom. The van der Waals surface area contributed by atoms with Crippen LogP contribution in [0.4, 0.5) is 5.82 Å². The molecule has 0 aliphatic heterocycles. The topological polar surface area (TPSA) is 86.1 Å². The highest BCUT2D eigenvalue weighted by molar-refractivity contribution is 5.65. The first-order valence-corrected chi connectivity index (χ1v) is 6.99. The molecule has 2 aromatic heterocycles. The first-order valence-electron chi connectivity index (χ1n) is 6.99. The number of aromatic nitrogens is 3. The third kappa shape index (κ3) is 4.69. The molecule has 116 valence electrons. The van der Waals surface area contributed by atoms with Gasteiger partial charge in [-0.2, -0.15) is 0 Å². The SMILES string of the molecule is CC(=O)OCCn1ccnc(NCCc2ccccn2)c1=O. The van der Waals surface area contributed by atoms with Gasteiger partial charge in [-0.15, -0.1) is 0 Å². The van der Waals surface area contributed by atoms with E-state index in [2.05, 4.69) is 15.3 Å². The van der Waals surface area contributed by atoms with Crippen molar-refractivity contribution in [3.05, 3.63) is 52.8 Å². The number of carbonyl (C=O) groups excluding carboxylic acids is 1. The summed E-state index contributed by atoms with van der Waals surface area (Å²) in [6.45, 7) is 2.36. The number of hydrogen-bond acceptors (Lipinski definition) is 6. The molecule has 7 nitrogen and oxygen atoms in total. The maximum Gasteiger partial charge on any atom is 0.302 e. The van der Waals surface area contributed by atoms with E-state index >= 15 is 0 Å². The predicted octanol–water partition coefficient (Wildman–Crippen LogP) is 0.856. The Morgan fingerprint density at radius 2 is 2.18 bits per heavy atom. The first kappa shape index (κ1) is 15.7. The van der Waals surface area contributed by atoms with Crippen molar-refractivity contribution in [1.29, 1.82) is 0 Å². The minimum absolute atomic E-state index is 0.159. The minimum Gasteiger partial charge on any atom is -0.464 e. The number of nitrogens with zero attached hydrogens (tertiary/aromatic N) is 3. The third-order valence-electron chi connectivity index (χ3n) is 2.95. The summed E-state index contributed by atoms with van der Waals surface area (Å²) in [4.78, 5) is 31.1. The van der Waals surface area contributed by atoms with Gasteiger partial charge in [0.25, 0.3) is 5.56 Å². The van der Waals surface area contributed by atoms with Crippen molar-refractivity contribution < 1.29 is 9.53 Å². The van der Waals surface area contributed by atoms with E-state index in [1.165, 1.54) is 17.7 Å². The van der Waals surface area contributed by atoms with Crippen LogP contribution < -0.4 is 10.9 Å². The average Bonchev–Trinajstić information content (AvgIpc) is 2.51. The second kappa shape index (κ2) is 7.92. The van der Waals surface area contributed by atoms with Crippen LogP contribution in [0.15, 0.2) is 41.6 Å². The lowest BCUT2D eigenvalue weighted by Crippen LogP contribution is -2.26. The summed E-state index contributed by atoms with van der Waals surface area (Å²) in [7, 11) is 0. The molecular weight excluding hydrogens is 284 g/mol. The van der Waals surface area contributed by atoms with Crippen molar-refractivity contribution in [2.75, 3.05) is 18.5 Å². The fraction of sp³-hybridized carbons (Fsp3) is 0.333. The minimum atomic E-state index is -0.365. The number of pyridine rings is 1. The van der Waals surface area contributed by atoms with Crippen LogP contribution >= 0.6 is 0 Å². The van der Waals surface area contributed by atoms with E-state index in [0.29, 0.717) is 19.5 Å². The lowest BCUT2D eigenvalue weighted by Gasteiger charge is -2.09. The molecule has 0 unspecified atom stereocenters. The number of rotatable bonds is 7. The van der Waals surface area contributed by atoms with Gasteiger partial charge < -0.3 is 14.6 Å². The molecule has 2 rings (SSSR count). The molecule has 1 N–H and O–H groups in total. The zero-order chi connectivity index (χ0) is 15.8. The van der Waals surface area contributed by atoms with Gasteiger partial charge in [0.1, 0.15) is 6.61 Å². The Labute approximate surface area is 128 Å². The molecular formula is C15H18N4O3. The molecule has 7 heteroatoms. The Kier molecular flexibility index (Phi) is 5.65. The van der Waals surface area contributed by atoms with Gasteiger partial charge in [-0.25, -0.2) is 4.98 Å². The summed E-state index contributed by atoms with van der Waals surface area (Å²) in [5.41, 5.74) is 0.705. The Morgan fingerprint density at radius 1 is 1.32 bits per heavy atom. The van der Waals surface area contributed by atoms with Crippen LogP contribution in [0.2, 0.25) is 0 Å². The number of nitrogens with one attached hydrogen (secondary N) is 1. The number of esters is 1. The number of hydrogen-bond donors (Lipinski definition) is 1. The molecule has 0 spiro atoms. The standard InChI is InChI=1S/C15H18N4O3/c1-12(20)22-11-10-19-9-8-18-14(15(19)21)17-7-5-13-4-2-3-6-16-13/h2-4,6,8-9H,5,7,10-11H2,1H3,(H,17,18). The number of carbonyl (C=O) groups is 1. The second-order valence-electron chi connectivity index (χ2n) is 4.61. The van der Waals surface area contributed by atoms with Gasteiger partial charge in [-0.1, -0.05) is 6.07 Å². The molecule has 2 heterocycles. The van der Waals surface area contributed by atoms with E-state index in [-0.39, 0.29) is 24.0 Å². The second-order valence-corrected chi connectivity index (χ2v) is 4.61. The smallest absolute Gasteiger partial charge is 0.302 e. The zero-order valence-electron chi connectivity index (χ0n) is 12.4. The van der Waals surface area contributed by atoms with Gasteiger partial charge >= 0.3 is 5.97 Å². The summed E-state index contributed by atoms with van der Waals surface area (Å²) in [5.74, 6) is -0.0860. The lowest BCUT2D eigenvalue weighted by molar-refractivity contribution is -0.141. The summed E-state index contributed by atoms with van der Waals surface area (Å²) in [5, 5.41) is 3.01. The summed E-state index contributed by atoms with van der Waals surface area (Å²) < 4.78 is 6.29. The van der Waals surface area contributed by atoms with E-state index in [9.17, 15) is 9.59 Å². The first-order chi connectivity index (χ1) is 10.7. The molecule has 0 aromatic carbocycles. The lowest BCUT2D eigenvalue weighted by atomic mass is 10.3. The Bertz CT molecular complexity index is 670. The van der Waals surface area contributed by atoms with Crippen LogP contribution in [-0.4, -0.2) is 33.7 Å². The summed E-state index contributed by atoms with van der Waals surface area (Å²) in [6, 6.07) is 5.71. The third-order valence-corrected chi connectivity index (χ3v) is 2.95. The van der Waals surface area contributed by atoms with Gasteiger partial charge in [-0.05, 0) is 12.1 Å². The molecule has 0 saturated heterocycles. The molecule has 0 atom stereocenters. The highest BCUT2D eigenvalue weighted by Crippen LogP contribution is 1.97. The van der Waals surface area contributed by atoms with Crippen LogP contribution in [0.3, 0.4) is 0 Å². The fourth-order valence-corrected chi connectivity index (χ4v) is 1.89. The Hall–Kier alpha value is -2.70. The van der Waals surface area contributed by atoms with Crippen LogP contribution in [0.5, 0.6) is 0 Å². The average molecular weight is 302 g/mol. The van der Waals surface area contributed by atoms with E-state index in [4.69, 9.17) is 4.74 Å².